The molecule has 2 aromatic rings. The Bertz CT molecular complexity index is 681. The molecule has 3 rings (SSSR count). The van der Waals surface area contributed by atoms with E-state index in [-0.39, 0.29) is 11.5 Å². The van der Waals surface area contributed by atoms with Crippen LogP contribution in [0.3, 0.4) is 0 Å². The van der Waals surface area contributed by atoms with Crippen LogP contribution in [0.25, 0.3) is 0 Å². The van der Waals surface area contributed by atoms with Crippen molar-refractivity contribution in [3.63, 3.8) is 0 Å². The fourth-order valence-corrected chi connectivity index (χ4v) is 2.62. The molecule has 98 valence electrons. The van der Waals surface area contributed by atoms with Crippen LogP contribution in [0.5, 0.6) is 5.75 Å². The van der Waals surface area contributed by atoms with Crippen molar-refractivity contribution in [3.8, 4) is 5.75 Å². The molecule has 1 unspecified atom stereocenters. The average molecular weight is 321 g/mol. The largest absolute Gasteiger partial charge is 0.493 e. The van der Waals surface area contributed by atoms with E-state index < -0.39 is 0 Å². The van der Waals surface area contributed by atoms with Crippen LogP contribution >= 0.6 is 15.9 Å². The van der Waals surface area contributed by atoms with Crippen LogP contribution in [0, 0.1) is 6.92 Å². The van der Waals surface area contributed by atoms with Crippen LogP contribution in [0.4, 0.5) is 0 Å². The van der Waals surface area contributed by atoms with Crippen molar-refractivity contribution in [2.45, 2.75) is 19.4 Å². The van der Waals surface area contributed by atoms with Gasteiger partial charge >= 0.3 is 0 Å². The molecule has 1 aromatic heterocycles. The van der Waals surface area contributed by atoms with E-state index in [0.29, 0.717) is 23.3 Å². The first-order valence-corrected chi connectivity index (χ1v) is 6.89. The maximum atomic E-state index is 12.1. The minimum Gasteiger partial charge on any atom is -0.493 e. The predicted molar refractivity (Wildman–Crippen MR) is 75.6 cm³/mol. The summed E-state index contributed by atoms with van der Waals surface area (Å²) in [5.41, 5.74) is 1.83. The van der Waals surface area contributed by atoms with Gasteiger partial charge in [-0.25, -0.2) is 4.98 Å². The Morgan fingerprint density at radius 2 is 2.26 bits per heavy atom. The minimum absolute atomic E-state index is 0.0446. The lowest BCUT2D eigenvalue weighted by Gasteiger charge is -2.11. The van der Waals surface area contributed by atoms with Crippen LogP contribution < -0.4 is 10.3 Å². The van der Waals surface area contributed by atoms with Gasteiger partial charge in [0, 0.05) is 18.0 Å². The number of aryl methyl sites for hydroxylation is 1. The van der Waals surface area contributed by atoms with E-state index in [0.717, 1.165) is 11.3 Å². The van der Waals surface area contributed by atoms with E-state index in [1.165, 1.54) is 0 Å². The zero-order chi connectivity index (χ0) is 13.4. The smallest absolute Gasteiger partial charge is 0.267 e. The van der Waals surface area contributed by atoms with Crippen molar-refractivity contribution >= 4 is 15.9 Å². The van der Waals surface area contributed by atoms with Crippen LogP contribution in [-0.4, -0.2) is 16.2 Å². The van der Waals surface area contributed by atoms with Gasteiger partial charge in [-0.1, -0.05) is 18.2 Å². The molecule has 4 nitrogen and oxygen atoms in total. The summed E-state index contributed by atoms with van der Waals surface area (Å²) in [5, 5.41) is 0. The number of fused-ring (bicyclic) bond motifs is 1. The Morgan fingerprint density at radius 3 is 3.11 bits per heavy atom. The van der Waals surface area contributed by atoms with Crippen LogP contribution in [0.2, 0.25) is 0 Å². The molecule has 1 aliphatic rings. The number of rotatable bonds is 2. The molecule has 0 N–H and O–H groups in total. The van der Waals surface area contributed by atoms with E-state index in [1.54, 1.807) is 10.9 Å². The summed E-state index contributed by atoms with van der Waals surface area (Å²) in [6.07, 6.45) is 1.60. The molecule has 0 saturated carbocycles. The van der Waals surface area contributed by atoms with Gasteiger partial charge in [-0.15, -0.1) is 0 Å². The van der Waals surface area contributed by atoms with Gasteiger partial charge < -0.3 is 4.74 Å². The van der Waals surface area contributed by atoms with Crippen LogP contribution in [0.15, 0.2) is 39.9 Å². The minimum atomic E-state index is -0.0446. The summed E-state index contributed by atoms with van der Waals surface area (Å²) < 4.78 is 7.79. The molecule has 1 aromatic carbocycles. The topological polar surface area (TPSA) is 44.1 Å². The first-order chi connectivity index (χ1) is 9.16. The Morgan fingerprint density at radius 1 is 1.47 bits per heavy atom. The maximum absolute atomic E-state index is 12.1. The highest BCUT2D eigenvalue weighted by molar-refractivity contribution is 9.10. The fraction of sp³-hybridized carbons (Fsp3) is 0.286. The van der Waals surface area contributed by atoms with Gasteiger partial charge in [0.1, 0.15) is 10.2 Å². The second-order valence-corrected chi connectivity index (χ2v) is 5.44. The summed E-state index contributed by atoms with van der Waals surface area (Å²) in [4.78, 5) is 16.3. The van der Waals surface area contributed by atoms with Gasteiger partial charge in [0.2, 0.25) is 0 Å². The standard InChI is InChI=1S/C14H13BrN2O2/c1-9-13(15)14(18)17(8-16-9)6-10-7-19-12-5-3-2-4-11(10)12/h2-5,8,10H,6-7H2,1H3. The molecule has 0 radical (unpaired) electrons. The van der Waals surface area contributed by atoms with Gasteiger partial charge in [0.15, 0.2) is 0 Å². The van der Waals surface area contributed by atoms with Crippen molar-refractivity contribution in [2.75, 3.05) is 6.61 Å². The molecular formula is C14H13BrN2O2. The summed E-state index contributed by atoms with van der Waals surface area (Å²) in [6, 6.07) is 7.96. The molecule has 1 atom stereocenters. The third kappa shape index (κ3) is 2.18. The van der Waals surface area contributed by atoms with Crippen molar-refractivity contribution in [3.05, 3.63) is 56.7 Å². The van der Waals surface area contributed by atoms with Crippen LogP contribution in [-0.2, 0) is 6.54 Å². The molecular weight excluding hydrogens is 308 g/mol. The molecule has 1 aliphatic heterocycles. The molecule has 0 bridgehead atoms. The normalized spacial score (nSPS) is 17.1. The predicted octanol–water partition coefficient (Wildman–Crippen LogP) is 2.49. The van der Waals surface area contributed by atoms with E-state index in [4.69, 9.17) is 4.74 Å². The van der Waals surface area contributed by atoms with Crippen LogP contribution in [0.1, 0.15) is 17.2 Å². The molecule has 19 heavy (non-hydrogen) atoms. The number of benzene rings is 1. The summed E-state index contributed by atoms with van der Waals surface area (Å²) in [6.45, 7) is 3.00. The quantitative estimate of drug-likeness (QED) is 0.854. The van der Waals surface area contributed by atoms with Crippen molar-refractivity contribution in [1.29, 1.82) is 0 Å². The average Bonchev–Trinajstić information content (AvgIpc) is 2.83. The maximum Gasteiger partial charge on any atom is 0.267 e. The van der Waals surface area contributed by atoms with E-state index in [9.17, 15) is 4.79 Å². The second-order valence-electron chi connectivity index (χ2n) is 4.65. The summed E-state index contributed by atoms with van der Waals surface area (Å²) in [7, 11) is 0. The highest BCUT2D eigenvalue weighted by atomic mass is 79.9. The van der Waals surface area contributed by atoms with Gasteiger partial charge in [-0.05, 0) is 28.9 Å². The SMILES string of the molecule is Cc1ncn(CC2COc3ccccc32)c(=O)c1Br. The van der Waals surface area contributed by atoms with Gasteiger partial charge in [0.25, 0.3) is 5.56 Å². The number of nitrogens with zero attached hydrogens (tertiary/aromatic N) is 2. The molecule has 0 amide bonds. The Labute approximate surface area is 119 Å². The fourth-order valence-electron chi connectivity index (χ4n) is 2.29. The number of hydrogen-bond donors (Lipinski definition) is 0. The molecule has 2 heterocycles. The van der Waals surface area contributed by atoms with Crippen molar-refractivity contribution in [2.24, 2.45) is 0 Å². The number of aromatic nitrogens is 2. The third-order valence-electron chi connectivity index (χ3n) is 3.37. The molecule has 0 aliphatic carbocycles. The van der Waals surface area contributed by atoms with Crippen molar-refractivity contribution in [1.82, 2.24) is 9.55 Å². The van der Waals surface area contributed by atoms with Crippen molar-refractivity contribution < 1.29 is 4.74 Å². The lowest BCUT2D eigenvalue weighted by Crippen LogP contribution is -2.25. The molecule has 0 saturated heterocycles. The Balaban J connectivity index is 1.92. The lowest BCUT2D eigenvalue weighted by molar-refractivity contribution is 0.317. The molecule has 0 spiro atoms. The molecule has 5 heteroatoms. The summed E-state index contributed by atoms with van der Waals surface area (Å²) >= 11 is 3.28. The zero-order valence-electron chi connectivity index (χ0n) is 10.5. The number of ether oxygens (including phenoxy) is 1. The molecule has 0 fully saturated rings. The summed E-state index contributed by atoms with van der Waals surface area (Å²) in [5.74, 6) is 1.12. The highest BCUT2D eigenvalue weighted by Gasteiger charge is 2.24. The van der Waals surface area contributed by atoms with E-state index >= 15 is 0 Å². The monoisotopic (exact) mass is 320 g/mol. The van der Waals surface area contributed by atoms with Gasteiger partial charge in [-0.2, -0.15) is 0 Å². The highest BCUT2D eigenvalue weighted by Crippen LogP contribution is 2.34. The number of para-hydroxylation sites is 1. The Kier molecular flexibility index (Phi) is 3.14. The lowest BCUT2D eigenvalue weighted by atomic mass is 10.0. The van der Waals surface area contributed by atoms with Gasteiger partial charge in [-0.3, -0.25) is 9.36 Å². The first-order valence-electron chi connectivity index (χ1n) is 6.10. The van der Waals surface area contributed by atoms with E-state index in [1.807, 2.05) is 25.1 Å². The Hall–Kier alpha value is -1.62. The van der Waals surface area contributed by atoms with Gasteiger partial charge in [0.05, 0.1) is 18.6 Å². The van der Waals surface area contributed by atoms with E-state index in [2.05, 4.69) is 27.0 Å². The second kappa shape index (κ2) is 4.81. The number of halogens is 1. The third-order valence-corrected chi connectivity index (χ3v) is 4.29. The number of hydrogen-bond acceptors (Lipinski definition) is 3. The zero-order valence-corrected chi connectivity index (χ0v) is 12.1. The first kappa shape index (κ1) is 12.4.